The van der Waals surface area contributed by atoms with Crippen LogP contribution in [0.2, 0.25) is 10.0 Å². The zero-order valence-corrected chi connectivity index (χ0v) is 14.1. The maximum Gasteiger partial charge on any atom is 0.330 e. The Hall–Kier alpha value is -2.03. The van der Waals surface area contributed by atoms with Gasteiger partial charge in [-0.15, -0.1) is 6.58 Å². The third-order valence-corrected chi connectivity index (χ3v) is 4.25. The number of carboxylic acid groups (broad SMARTS) is 1. The number of hydrogen-bond acceptors (Lipinski definition) is 1. The van der Waals surface area contributed by atoms with Gasteiger partial charge in [0.15, 0.2) is 0 Å². The summed E-state index contributed by atoms with van der Waals surface area (Å²) in [4.78, 5) is 11.3. The van der Waals surface area contributed by atoms with Crippen LogP contribution in [0.15, 0.2) is 72.8 Å². The van der Waals surface area contributed by atoms with Gasteiger partial charge in [-0.05, 0) is 42.3 Å². The second-order valence-electron chi connectivity index (χ2n) is 5.22. The summed E-state index contributed by atoms with van der Waals surface area (Å²) in [5, 5.41) is 10.5. The standard InChI is InChI=1S/C19H16Cl2O2/c1-3-19(12-13(2)18(22)23,14-4-8-16(20)9-5-14)15-6-10-17(21)11-7-15/h3-12H,1H2,2H3,(H,22,23). The van der Waals surface area contributed by atoms with Crippen LogP contribution in [0.1, 0.15) is 18.1 Å². The largest absolute Gasteiger partial charge is 0.478 e. The van der Waals surface area contributed by atoms with E-state index in [1.54, 1.807) is 43.3 Å². The second-order valence-corrected chi connectivity index (χ2v) is 6.09. The van der Waals surface area contributed by atoms with Crippen LogP contribution in [0.25, 0.3) is 0 Å². The van der Waals surface area contributed by atoms with Gasteiger partial charge in [-0.3, -0.25) is 0 Å². The second kappa shape index (κ2) is 7.03. The summed E-state index contributed by atoms with van der Waals surface area (Å²) in [6.07, 6.45) is 3.42. The molecule has 0 aromatic heterocycles. The Bertz CT molecular complexity index is 698. The summed E-state index contributed by atoms with van der Waals surface area (Å²) in [6.45, 7) is 5.50. The van der Waals surface area contributed by atoms with E-state index in [4.69, 9.17) is 23.2 Å². The van der Waals surface area contributed by atoms with Crippen LogP contribution in [0, 0.1) is 0 Å². The maximum absolute atomic E-state index is 11.3. The molecule has 23 heavy (non-hydrogen) atoms. The highest BCUT2D eigenvalue weighted by molar-refractivity contribution is 6.30. The SMILES string of the molecule is C=CC(C=C(C)C(=O)O)(c1ccc(Cl)cc1)c1ccc(Cl)cc1. The Labute approximate surface area is 145 Å². The lowest BCUT2D eigenvalue weighted by Gasteiger charge is -2.29. The molecule has 0 aliphatic rings. The molecule has 0 amide bonds. The predicted molar refractivity (Wildman–Crippen MR) is 95.3 cm³/mol. The molecule has 0 aliphatic carbocycles. The molecule has 0 heterocycles. The first-order valence-electron chi connectivity index (χ1n) is 6.97. The van der Waals surface area contributed by atoms with E-state index in [-0.39, 0.29) is 5.57 Å². The minimum absolute atomic E-state index is 0.231. The molecule has 0 bridgehead atoms. The Morgan fingerprint density at radius 2 is 1.39 bits per heavy atom. The summed E-state index contributed by atoms with van der Waals surface area (Å²) in [5.41, 5.74) is 1.20. The molecule has 0 fully saturated rings. The Morgan fingerprint density at radius 3 is 1.70 bits per heavy atom. The molecule has 0 aliphatic heterocycles. The molecule has 0 saturated carbocycles. The minimum atomic E-state index is -0.973. The highest BCUT2D eigenvalue weighted by Gasteiger charge is 2.30. The molecule has 4 heteroatoms. The molecule has 2 rings (SSSR count). The van der Waals surface area contributed by atoms with Crippen LogP contribution in [0.5, 0.6) is 0 Å². The zero-order chi connectivity index (χ0) is 17.0. The van der Waals surface area contributed by atoms with Crippen molar-refractivity contribution >= 4 is 29.2 Å². The summed E-state index contributed by atoms with van der Waals surface area (Å²) in [5.74, 6) is -0.973. The number of carbonyl (C=O) groups is 1. The van der Waals surface area contributed by atoms with Gasteiger partial charge >= 0.3 is 5.97 Å². The van der Waals surface area contributed by atoms with Crippen molar-refractivity contribution in [3.8, 4) is 0 Å². The van der Waals surface area contributed by atoms with E-state index in [1.165, 1.54) is 0 Å². The van der Waals surface area contributed by atoms with E-state index < -0.39 is 11.4 Å². The normalized spacial score (nSPS) is 12.0. The van der Waals surface area contributed by atoms with Crippen molar-refractivity contribution in [3.05, 3.63) is 94.0 Å². The minimum Gasteiger partial charge on any atom is -0.478 e. The lowest BCUT2D eigenvalue weighted by atomic mass is 9.73. The van der Waals surface area contributed by atoms with Gasteiger partial charge in [0.05, 0.1) is 5.41 Å². The van der Waals surface area contributed by atoms with Gasteiger partial charge in [-0.1, -0.05) is 59.6 Å². The Balaban J connectivity index is 2.73. The van der Waals surface area contributed by atoms with E-state index in [1.807, 2.05) is 24.3 Å². The molecule has 0 atom stereocenters. The van der Waals surface area contributed by atoms with Crippen LogP contribution in [-0.2, 0) is 10.2 Å². The quantitative estimate of drug-likeness (QED) is 0.573. The number of halogens is 2. The van der Waals surface area contributed by atoms with Gasteiger partial charge in [0, 0.05) is 15.6 Å². The topological polar surface area (TPSA) is 37.3 Å². The van der Waals surface area contributed by atoms with Crippen LogP contribution in [0.3, 0.4) is 0 Å². The van der Waals surface area contributed by atoms with E-state index in [0.29, 0.717) is 10.0 Å². The Kier molecular flexibility index (Phi) is 5.30. The molecule has 0 saturated heterocycles. The van der Waals surface area contributed by atoms with Crippen LogP contribution in [-0.4, -0.2) is 11.1 Å². The molecule has 118 valence electrons. The number of allylic oxidation sites excluding steroid dienone is 2. The van der Waals surface area contributed by atoms with Crippen LogP contribution >= 0.6 is 23.2 Å². The highest BCUT2D eigenvalue weighted by Crippen LogP contribution is 2.37. The van der Waals surface area contributed by atoms with Gasteiger partial charge < -0.3 is 5.11 Å². The summed E-state index contributed by atoms with van der Waals surface area (Å²) >= 11 is 12.0. The van der Waals surface area contributed by atoms with Crippen molar-refractivity contribution in [1.82, 2.24) is 0 Å². The monoisotopic (exact) mass is 346 g/mol. The van der Waals surface area contributed by atoms with Crippen molar-refractivity contribution in [2.24, 2.45) is 0 Å². The van der Waals surface area contributed by atoms with E-state index in [0.717, 1.165) is 11.1 Å². The predicted octanol–water partition coefficient (Wildman–Crippen LogP) is 5.50. The van der Waals surface area contributed by atoms with Crippen LogP contribution in [0.4, 0.5) is 0 Å². The lowest BCUT2D eigenvalue weighted by Crippen LogP contribution is -2.23. The van der Waals surface area contributed by atoms with E-state index in [2.05, 4.69) is 6.58 Å². The molecular weight excluding hydrogens is 331 g/mol. The third-order valence-electron chi connectivity index (χ3n) is 3.75. The van der Waals surface area contributed by atoms with Gasteiger partial charge in [0.1, 0.15) is 0 Å². The van der Waals surface area contributed by atoms with Gasteiger partial charge in [0.25, 0.3) is 0 Å². The van der Waals surface area contributed by atoms with Gasteiger partial charge in [-0.25, -0.2) is 4.79 Å². The summed E-state index contributed by atoms with van der Waals surface area (Å²) < 4.78 is 0. The summed E-state index contributed by atoms with van der Waals surface area (Å²) in [6, 6.07) is 14.6. The van der Waals surface area contributed by atoms with Gasteiger partial charge in [-0.2, -0.15) is 0 Å². The van der Waals surface area contributed by atoms with Crippen molar-refractivity contribution in [2.75, 3.05) is 0 Å². The van der Waals surface area contributed by atoms with E-state index >= 15 is 0 Å². The first kappa shape index (κ1) is 17.3. The average molecular weight is 347 g/mol. The lowest BCUT2D eigenvalue weighted by molar-refractivity contribution is -0.132. The number of aliphatic carboxylic acids is 1. The average Bonchev–Trinajstić information content (AvgIpc) is 2.54. The van der Waals surface area contributed by atoms with E-state index in [9.17, 15) is 9.90 Å². The fraction of sp³-hybridized carbons (Fsp3) is 0.105. The fourth-order valence-corrected chi connectivity index (χ4v) is 2.73. The number of benzene rings is 2. The van der Waals surface area contributed by atoms with Crippen molar-refractivity contribution in [2.45, 2.75) is 12.3 Å². The third kappa shape index (κ3) is 3.66. The number of carboxylic acids is 1. The molecule has 0 unspecified atom stereocenters. The van der Waals surface area contributed by atoms with Crippen molar-refractivity contribution < 1.29 is 9.90 Å². The molecule has 2 nitrogen and oxygen atoms in total. The number of hydrogen-bond donors (Lipinski definition) is 1. The Morgan fingerprint density at radius 1 is 1.00 bits per heavy atom. The number of rotatable bonds is 5. The first-order chi connectivity index (χ1) is 10.9. The molecule has 2 aromatic rings. The maximum atomic E-state index is 11.3. The first-order valence-corrected chi connectivity index (χ1v) is 7.73. The molecule has 1 N–H and O–H groups in total. The van der Waals surface area contributed by atoms with Crippen molar-refractivity contribution in [3.63, 3.8) is 0 Å². The van der Waals surface area contributed by atoms with Crippen LogP contribution < -0.4 is 0 Å². The zero-order valence-electron chi connectivity index (χ0n) is 12.6. The van der Waals surface area contributed by atoms with Gasteiger partial charge in [0.2, 0.25) is 0 Å². The molecule has 0 spiro atoms. The molecular formula is C19H16Cl2O2. The van der Waals surface area contributed by atoms with Crippen molar-refractivity contribution in [1.29, 1.82) is 0 Å². The fourth-order valence-electron chi connectivity index (χ4n) is 2.48. The molecule has 0 radical (unpaired) electrons. The highest BCUT2D eigenvalue weighted by atomic mass is 35.5. The smallest absolute Gasteiger partial charge is 0.330 e. The molecule has 2 aromatic carbocycles. The summed E-state index contributed by atoms with van der Waals surface area (Å²) in [7, 11) is 0.